The van der Waals surface area contributed by atoms with Gasteiger partial charge in [-0.1, -0.05) is 6.07 Å². The number of hydrogen-bond acceptors (Lipinski definition) is 4. The number of nitrogens with zero attached hydrogens (tertiary/aromatic N) is 1. The maximum absolute atomic E-state index is 13.0. The number of halogens is 1. The normalized spacial score (nSPS) is 10.3. The van der Waals surface area contributed by atoms with E-state index in [1.165, 1.54) is 37.2 Å². The van der Waals surface area contributed by atoms with Crippen molar-refractivity contribution >= 4 is 17.7 Å². The molecule has 0 amide bonds. The van der Waals surface area contributed by atoms with Gasteiger partial charge in [0, 0.05) is 4.90 Å². The Morgan fingerprint density at radius 2 is 2.39 bits per heavy atom. The van der Waals surface area contributed by atoms with Crippen molar-refractivity contribution in [3.8, 4) is 0 Å². The SMILES string of the molecule is COC(=O)c1cnc(CSc2cccc(F)c2)[nH]1. The fraction of sp³-hybridized carbons (Fsp3) is 0.167. The van der Waals surface area contributed by atoms with Gasteiger partial charge in [-0.2, -0.15) is 0 Å². The van der Waals surface area contributed by atoms with Crippen LogP contribution in [0.5, 0.6) is 0 Å². The fourth-order valence-corrected chi connectivity index (χ4v) is 2.18. The molecule has 0 aliphatic heterocycles. The molecule has 2 aromatic rings. The topological polar surface area (TPSA) is 55.0 Å². The molecular formula is C12H11FN2O2S. The van der Waals surface area contributed by atoms with E-state index in [9.17, 15) is 9.18 Å². The zero-order valence-electron chi connectivity index (χ0n) is 9.64. The predicted molar refractivity (Wildman–Crippen MR) is 65.9 cm³/mol. The Morgan fingerprint density at radius 3 is 3.11 bits per heavy atom. The van der Waals surface area contributed by atoms with Gasteiger partial charge in [-0.3, -0.25) is 0 Å². The Hall–Kier alpha value is -1.82. The molecule has 0 radical (unpaired) electrons. The number of rotatable bonds is 4. The summed E-state index contributed by atoms with van der Waals surface area (Å²) in [5.41, 5.74) is 0.312. The van der Waals surface area contributed by atoms with E-state index in [2.05, 4.69) is 14.7 Å². The zero-order chi connectivity index (χ0) is 13.0. The molecule has 0 saturated carbocycles. The Labute approximate surface area is 108 Å². The lowest BCUT2D eigenvalue weighted by Crippen LogP contribution is -2.01. The zero-order valence-corrected chi connectivity index (χ0v) is 10.5. The van der Waals surface area contributed by atoms with Crippen LogP contribution in [-0.2, 0) is 10.5 Å². The van der Waals surface area contributed by atoms with Crippen LogP contribution < -0.4 is 0 Å². The van der Waals surface area contributed by atoms with Crippen molar-refractivity contribution in [3.63, 3.8) is 0 Å². The van der Waals surface area contributed by atoms with E-state index in [1.54, 1.807) is 6.07 Å². The van der Waals surface area contributed by atoms with Crippen LogP contribution in [0.15, 0.2) is 35.4 Å². The van der Waals surface area contributed by atoms with E-state index < -0.39 is 5.97 Å². The van der Waals surface area contributed by atoms with E-state index in [1.807, 2.05) is 6.07 Å². The molecule has 1 heterocycles. The molecule has 18 heavy (non-hydrogen) atoms. The van der Waals surface area contributed by atoms with Gasteiger partial charge in [0.05, 0.1) is 19.1 Å². The van der Waals surface area contributed by atoms with Crippen LogP contribution >= 0.6 is 11.8 Å². The second-order valence-corrected chi connectivity index (χ2v) is 4.53. The number of thioether (sulfide) groups is 1. The molecule has 0 saturated heterocycles. The molecule has 0 atom stereocenters. The minimum atomic E-state index is -0.454. The maximum atomic E-state index is 13.0. The summed E-state index contributed by atoms with van der Waals surface area (Å²) in [5.74, 6) is 0.448. The standard InChI is InChI=1S/C12H11FN2O2S/c1-17-12(16)10-6-14-11(15-10)7-18-9-4-2-3-8(13)5-9/h2-6H,7H2,1H3,(H,14,15). The lowest BCUT2D eigenvalue weighted by Gasteiger charge is -1.99. The summed E-state index contributed by atoms with van der Waals surface area (Å²) in [6.07, 6.45) is 1.42. The van der Waals surface area contributed by atoms with Crippen LogP contribution in [0.25, 0.3) is 0 Å². The summed E-state index contributed by atoms with van der Waals surface area (Å²) in [4.78, 5) is 18.9. The fourth-order valence-electron chi connectivity index (χ4n) is 1.36. The molecule has 94 valence electrons. The van der Waals surface area contributed by atoms with Gasteiger partial charge in [0.2, 0.25) is 0 Å². The molecule has 6 heteroatoms. The number of aromatic nitrogens is 2. The Morgan fingerprint density at radius 1 is 1.56 bits per heavy atom. The van der Waals surface area contributed by atoms with Crippen molar-refractivity contribution in [1.29, 1.82) is 0 Å². The van der Waals surface area contributed by atoms with Crippen LogP contribution in [0.1, 0.15) is 16.3 Å². The van der Waals surface area contributed by atoms with Crippen molar-refractivity contribution in [3.05, 3.63) is 47.8 Å². The lowest BCUT2D eigenvalue weighted by atomic mass is 10.4. The second kappa shape index (κ2) is 5.68. The molecule has 0 unspecified atom stereocenters. The van der Waals surface area contributed by atoms with E-state index in [0.717, 1.165) is 4.90 Å². The highest BCUT2D eigenvalue weighted by molar-refractivity contribution is 7.98. The average Bonchev–Trinajstić information content (AvgIpc) is 2.84. The Bertz CT molecular complexity index is 557. The second-order valence-electron chi connectivity index (χ2n) is 3.48. The van der Waals surface area contributed by atoms with Gasteiger partial charge in [-0.25, -0.2) is 14.2 Å². The first kappa shape index (κ1) is 12.6. The quantitative estimate of drug-likeness (QED) is 0.682. The number of benzene rings is 1. The van der Waals surface area contributed by atoms with Crippen LogP contribution in [0.2, 0.25) is 0 Å². The van der Waals surface area contributed by atoms with Crippen LogP contribution in [0.3, 0.4) is 0 Å². The van der Waals surface area contributed by atoms with Gasteiger partial charge in [0.25, 0.3) is 0 Å². The largest absolute Gasteiger partial charge is 0.464 e. The number of ether oxygens (including phenoxy) is 1. The lowest BCUT2D eigenvalue weighted by molar-refractivity contribution is 0.0594. The summed E-state index contributed by atoms with van der Waals surface area (Å²) >= 11 is 1.43. The van der Waals surface area contributed by atoms with Crippen molar-refractivity contribution in [1.82, 2.24) is 9.97 Å². The molecular weight excluding hydrogens is 255 g/mol. The smallest absolute Gasteiger partial charge is 0.356 e. The first-order chi connectivity index (χ1) is 8.69. The highest BCUT2D eigenvalue weighted by Gasteiger charge is 2.09. The average molecular weight is 266 g/mol. The highest BCUT2D eigenvalue weighted by atomic mass is 32.2. The van der Waals surface area contributed by atoms with Crippen molar-refractivity contribution in [2.75, 3.05) is 7.11 Å². The van der Waals surface area contributed by atoms with Gasteiger partial charge >= 0.3 is 5.97 Å². The third-order valence-electron chi connectivity index (χ3n) is 2.21. The van der Waals surface area contributed by atoms with Gasteiger partial charge in [-0.15, -0.1) is 11.8 Å². The van der Waals surface area contributed by atoms with Gasteiger partial charge < -0.3 is 9.72 Å². The number of carbonyl (C=O) groups excluding carboxylic acids is 1. The van der Waals surface area contributed by atoms with Gasteiger partial charge in [-0.05, 0) is 18.2 Å². The summed E-state index contributed by atoms with van der Waals surface area (Å²) in [6, 6.07) is 6.32. The molecule has 0 aliphatic rings. The third kappa shape index (κ3) is 3.10. The number of aromatic amines is 1. The number of H-pyrrole nitrogens is 1. The minimum absolute atomic E-state index is 0.269. The monoisotopic (exact) mass is 266 g/mol. The van der Waals surface area contributed by atoms with Gasteiger partial charge in [0.1, 0.15) is 17.3 Å². The molecule has 1 aromatic carbocycles. The summed E-state index contributed by atoms with van der Waals surface area (Å²) < 4.78 is 17.5. The summed E-state index contributed by atoms with van der Waals surface area (Å²) in [7, 11) is 1.31. The number of esters is 1. The van der Waals surface area contributed by atoms with Crippen LogP contribution in [-0.4, -0.2) is 23.0 Å². The number of nitrogens with one attached hydrogen (secondary N) is 1. The molecule has 0 bridgehead atoms. The number of carbonyl (C=O) groups is 1. The maximum Gasteiger partial charge on any atom is 0.356 e. The number of imidazole rings is 1. The minimum Gasteiger partial charge on any atom is -0.464 e. The molecule has 0 aliphatic carbocycles. The summed E-state index contributed by atoms with van der Waals surface area (Å²) in [5, 5.41) is 0. The van der Waals surface area contributed by atoms with Crippen molar-refractivity contribution in [2.45, 2.75) is 10.6 Å². The molecule has 4 nitrogen and oxygen atoms in total. The van der Waals surface area contributed by atoms with E-state index in [-0.39, 0.29) is 5.82 Å². The van der Waals surface area contributed by atoms with Crippen LogP contribution in [0, 0.1) is 5.82 Å². The molecule has 1 aromatic heterocycles. The van der Waals surface area contributed by atoms with E-state index in [0.29, 0.717) is 17.3 Å². The van der Waals surface area contributed by atoms with E-state index in [4.69, 9.17) is 0 Å². The first-order valence-corrected chi connectivity index (χ1v) is 6.18. The Balaban J connectivity index is 1.98. The molecule has 2 rings (SSSR count). The number of hydrogen-bond donors (Lipinski definition) is 1. The van der Waals surface area contributed by atoms with E-state index >= 15 is 0 Å². The Kier molecular flexibility index (Phi) is 3.99. The van der Waals surface area contributed by atoms with Gasteiger partial charge in [0.15, 0.2) is 0 Å². The van der Waals surface area contributed by atoms with Crippen molar-refractivity contribution in [2.24, 2.45) is 0 Å². The number of methoxy groups -OCH3 is 1. The van der Waals surface area contributed by atoms with Crippen molar-refractivity contribution < 1.29 is 13.9 Å². The molecule has 0 fully saturated rings. The summed E-state index contributed by atoms with van der Waals surface area (Å²) in [6.45, 7) is 0. The third-order valence-corrected chi connectivity index (χ3v) is 3.21. The molecule has 1 N–H and O–H groups in total. The van der Waals surface area contributed by atoms with Crippen LogP contribution in [0.4, 0.5) is 4.39 Å². The predicted octanol–water partition coefficient (Wildman–Crippen LogP) is 2.63. The highest BCUT2D eigenvalue weighted by Crippen LogP contribution is 2.22. The molecule has 0 spiro atoms. The first-order valence-electron chi connectivity index (χ1n) is 5.19.